The van der Waals surface area contributed by atoms with E-state index in [4.69, 9.17) is 16.7 Å². The molecule has 0 radical (unpaired) electrons. The van der Waals surface area contributed by atoms with Crippen molar-refractivity contribution in [2.45, 2.75) is 13.0 Å². The molecular weight excluding hydrogens is 260 g/mol. The van der Waals surface area contributed by atoms with Gasteiger partial charge in [-0.05, 0) is 12.1 Å². The largest absolute Gasteiger partial charge is 0.481 e. The van der Waals surface area contributed by atoms with E-state index in [-0.39, 0.29) is 28.9 Å². The van der Waals surface area contributed by atoms with E-state index in [2.05, 4.69) is 4.98 Å². The molecular formula is C11H9ClN2O4. The quantitative estimate of drug-likeness (QED) is 0.862. The van der Waals surface area contributed by atoms with Gasteiger partial charge in [0, 0.05) is 6.54 Å². The van der Waals surface area contributed by atoms with E-state index < -0.39 is 17.2 Å². The van der Waals surface area contributed by atoms with Crippen LogP contribution in [0.4, 0.5) is 0 Å². The van der Waals surface area contributed by atoms with Crippen molar-refractivity contribution in [2.24, 2.45) is 0 Å². The number of carboxylic acid groups (broad SMARTS) is 1. The lowest BCUT2D eigenvalue weighted by molar-refractivity contribution is -0.137. The third-order valence-corrected chi connectivity index (χ3v) is 2.83. The second-order valence-electron chi connectivity index (χ2n) is 3.69. The first-order valence-electron chi connectivity index (χ1n) is 5.14. The van der Waals surface area contributed by atoms with Crippen molar-refractivity contribution in [1.29, 1.82) is 0 Å². The van der Waals surface area contributed by atoms with Crippen molar-refractivity contribution in [3.05, 3.63) is 44.1 Å². The summed E-state index contributed by atoms with van der Waals surface area (Å²) in [5.74, 6) is -1.08. The predicted molar refractivity (Wildman–Crippen MR) is 66.1 cm³/mol. The minimum Gasteiger partial charge on any atom is -0.481 e. The summed E-state index contributed by atoms with van der Waals surface area (Å²) in [4.78, 5) is 36.6. The van der Waals surface area contributed by atoms with Crippen LogP contribution in [-0.2, 0) is 11.3 Å². The highest BCUT2D eigenvalue weighted by Crippen LogP contribution is 2.16. The number of halogens is 1. The molecule has 6 nitrogen and oxygen atoms in total. The molecule has 0 atom stereocenters. The normalized spacial score (nSPS) is 10.7. The number of nitrogens with one attached hydrogen (secondary N) is 1. The molecule has 0 unspecified atom stereocenters. The Morgan fingerprint density at radius 1 is 1.39 bits per heavy atom. The first-order valence-corrected chi connectivity index (χ1v) is 5.51. The molecule has 0 bridgehead atoms. The Morgan fingerprint density at radius 2 is 2.11 bits per heavy atom. The monoisotopic (exact) mass is 268 g/mol. The molecule has 1 aromatic carbocycles. The smallest absolute Gasteiger partial charge is 0.328 e. The Bertz CT molecular complexity index is 732. The number of aromatic nitrogens is 2. The van der Waals surface area contributed by atoms with Gasteiger partial charge in [0.25, 0.3) is 5.56 Å². The number of fused-ring (bicyclic) bond motifs is 1. The van der Waals surface area contributed by atoms with Gasteiger partial charge in [0.2, 0.25) is 0 Å². The summed E-state index contributed by atoms with van der Waals surface area (Å²) < 4.78 is 0.854. The molecule has 0 saturated carbocycles. The lowest BCUT2D eigenvalue weighted by Crippen LogP contribution is -2.35. The first kappa shape index (κ1) is 12.4. The van der Waals surface area contributed by atoms with Crippen molar-refractivity contribution >= 4 is 28.5 Å². The highest BCUT2D eigenvalue weighted by Gasteiger charge is 2.10. The molecule has 2 rings (SSSR count). The number of nitrogens with zero attached hydrogens (tertiary/aromatic N) is 1. The van der Waals surface area contributed by atoms with Crippen molar-refractivity contribution in [2.75, 3.05) is 0 Å². The van der Waals surface area contributed by atoms with Crippen LogP contribution in [0.3, 0.4) is 0 Å². The van der Waals surface area contributed by atoms with Gasteiger partial charge in [-0.2, -0.15) is 0 Å². The lowest BCUT2D eigenvalue weighted by atomic mass is 10.2. The summed E-state index contributed by atoms with van der Waals surface area (Å²) in [5.41, 5.74) is -0.944. The van der Waals surface area contributed by atoms with E-state index in [0.717, 1.165) is 4.57 Å². The first-order chi connectivity index (χ1) is 8.50. The highest BCUT2D eigenvalue weighted by molar-refractivity contribution is 6.34. The molecule has 0 fully saturated rings. The molecule has 0 amide bonds. The number of H-pyrrole nitrogens is 1. The van der Waals surface area contributed by atoms with Crippen LogP contribution in [-0.4, -0.2) is 20.6 Å². The molecule has 2 aromatic rings. The average molecular weight is 269 g/mol. The van der Waals surface area contributed by atoms with Crippen LogP contribution in [0.1, 0.15) is 6.42 Å². The van der Waals surface area contributed by atoms with Crippen molar-refractivity contribution < 1.29 is 9.90 Å². The topological polar surface area (TPSA) is 92.2 Å². The zero-order chi connectivity index (χ0) is 13.3. The van der Waals surface area contributed by atoms with Gasteiger partial charge in [0.15, 0.2) is 0 Å². The summed E-state index contributed by atoms with van der Waals surface area (Å²) in [5, 5.41) is 9.09. The maximum atomic E-state index is 12.0. The number of hydrogen-bond acceptors (Lipinski definition) is 3. The maximum absolute atomic E-state index is 12.0. The minimum absolute atomic E-state index is 0.175. The molecule has 1 aromatic heterocycles. The Labute approximate surface area is 105 Å². The molecule has 0 aliphatic rings. The number of aromatic amines is 1. The zero-order valence-electron chi connectivity index (χ0n) is 9.14. The van der Waals surface area contributed by atoms with E-state index in [1.165, 1.54) is 6.07 Å². The van der Waals surface area contributed by atoms with Crippen molar-refractivity contribution in [3.63, 3.8) is 0 Å². The molecule has 7 heteroatoms. The van der Waals surface area contributed by atoms with Gasteiger partial charge in [-0.1, -0.05) is 17.7 Å². The van der Waals surface area contributed by atoms with Crippen molar-refractivity contribution in [1.82, 2.24) is 9.55 Å². The van der Waals surface area contributed by atoms with Gasteiger partial charge in [0.1, 0.15) is 0 Å². The van der Waals surface area contributed by atoms with E-state index in [1.807, 2.05) is 0 Å². The number of carboxylic acids is 1. The number of hydrogen-bond donors (Lipinski definition) is 2. The summed E-state index contributed by atoms with van der Waals surface area (Å²) in [6.07, 6.45) is -0.297. The molecule has 94 valence electrons. The van der Waals surface area contributed by atoms with E-state index in [0.29, 0.717) is 0 Å². The second-order valence-corrected chi connectivity index (χ2v) is 4.10. The third-order valence-electron chi connectivity index (χ3n) is 2.52. The molecule has 0 aliphatic heterocycles. The number of rotatable bonds is 3. The van der Waals surface area contributed by atoms with E-state index >= 15 is 0 Å². The Morgan fingerprint density at radius 3 is 2.78 bits per heavy atom. The van der Waals surface area contributed by atoms with Gasteiger partial charge < -0.3 is 10.1 Å². The van der Waals surface area contributed by atoms with Crippen LogP contribution in [0.2, 0.25) is 5.02 Å². The molecule has 1 heterocycles. The van der Waals surface area contributed by atoms with Gasteiger partial charge in [0.05, 0.1) is 22.3 Å². The van der Waals surface area contributed by atoms with Gasteiger partial charge in [-0.15, -0.1) is 0 Å². The number of benzene rings is 1. The minimum atomic E-state index is -1.08. The maximum Gasteiger partial charge on any atom is 0.328 e. The summed E-state index contributed by atoms with van der Waals surface area (Å²) in [6, 6.07) is 4.67. The lowest BCUT2D eigenvalue weighted by Gasteiger charge is -2.05. The van der Waals surface area contributed by atoms with Gasteiger partial charge in [-0.3, -0.25) is 14.2 Å². The fourth-order valence-corrected chi connectivity index (χ4v) is 1.87. The standard InChI is InChI=1S/C11H9ClN2O4/c12-7-3-1-2-6-9(7)13-11(18)14(10(6)17)5-4-8(15)16/h1-3H,4-5H2,(H,13,18)(H,15,16). The van der Waals surface area contributed by atoms with Crippen LogP contribution < -0.4 is 11.2 Å². The average Bonchev–Trinajstić information content (AvgIpc) is 2.30. The van der Waals surface area contributed by atoms with E-state index in [9.17, 15) is 14.4 Å². The Kier molecular flexibility index (Phi) is 3.20. The van der Waals surface area contributed by atoms with Gasteiger partial charge >= 0.3 is 11.7 Å². The fourth-order valence-electron chi connectivity index (χ4n) is 1.65. The summed E-state index contributed by atoms with van der Waals surface area (Å²) in [7, 11) is 0. The van der Waals surface area contributed by atoms with Crippen LogP contribution in [0, 0.1) is 0 Å². The van der Waals surface area contributed by atoms with Crippen LogP contribution in [0.15, 0.2) is 27.8 Å². The predicted octanol–water partition coefficient (Wildman–Crippen LogP) is 0.818. The molecule has 2 N–H and O–H groups in total. The molecule has 0 aliphatic carbocycles. The summed E-state index contributed by atoms with van der Waals surface area (Å²) >= 11 is 5.87. The van der Waals surface area contributed by atoms with E-state index in [1.54, 1.807) is 12.1 Å². The van der Waals surface area contributed by atoms with Crippen LogP contribution >= 0.6 is 11.6 Å². The number of carbonyl (C=O) groups is 1. The zero-order valence-corrected chi connectivity index (χ0v) is 9.90. The third kappa shape index (κ3) is 2.14. The van der Waals surface area contributed by atoms with Gasteiger partial charge in [-0.25, -0.2) is 4.79 Å². The highest BCUT2D eigenvalue weighted by atomic mass is 35.5. The summed E-state index contributed by atoms with van der Waals surface area (Å²) in [6.45, 7) is -0.175. The Balaban J connectivity index is 2.66. The second kappa shape index (κ2) is 4.66. The SMILES string of the molecule is O=C(O)CCn1c(=O)[nH]c2c(Cl)cccc2c1=O. The molecule has 0 saturated heterocycles. The molecule has 18 heavy (non-hydrogen) atoms. The number of aliphatic carboxylic acids is 1. The van der Waals surface area contributed by atoms with Crippen molar-refractivity contribution in [3.8, 4) is 0 Å². The number of para-hydroxylation sites is 1. The van der Waals surface area contributed by atoms with Crippen LogP contribution in [0.25, 0.3) is 10.9 Å². The Hall–Kier alpha value is -2.08. The van der Waals surface area contributed by atoms with Crippen LogP contribution in [0.5, 0.6) is 0 Å². The molecule has 0 spiro atoms. The fraction of sp³-hybridized carbons (Fsp3) is 0.182.